The molecule has 2 aromatic rings. The first kappa shape index (κ1) is 23.7. The number of benzene rings is 2. The Morgan fingerprint density at radius 2 is 1.67 bits per heavy atom. The second kappa shape index (κ2) is 10.6. The summed E-state index contributed by atoms with van der Waals surface area (Å²) in [7, 11) is -3.68. The predicted molar refractivity (Wildman–Crippen MR) is 125 cm³/mol. The van der Waals surface area contributed by atoms with Gasteiger partial charge in [0.1, 0.15) is 5.82 Å². The summed E-state index contributed by atoms with van der Waals surface area (Å²) < 4.78 is 46.2. The highest BCUT2D eigenvalue weighted by molar-refractivity contribution is 7.89. The Bertz CT molecular complexity index is 1060. The molecule has 0 spiro atoms. The fourth-order valence-corrected chi connectivity index (χ4v) is 5.68. The zero-order valence-corrected chi connectivity index (χ0v) is 19.4. The van der Waals surface area contributed by atoms with Crippen LogP contribution in [0.2, 0.25) is 0 Å². The van der Waals surface area contributed by atoms with Crippen LogP contribution in [0.3, 0.4) is 0 Å². The van der Waals surface area contributed by atoms with Gasteiger partial charge >= 0.3 is 0 Å². The number of sulfonamides is 1. The van der Waals surface area contributed by atoms with Crippen LogP contribution in [0.1, 0.15) is 31.2 Å². The monoisotopic (exact) mass is 475 g/mol. The van der Waals surface area contributed by atoms with Crippen molar-refractivity contribution in [3.8, 4) is 0 Å². The van der Waals surface area contributed by atoms with Crippen LogP contribution in [-0.4, -0.2) is 58.0 Å². The molecular weight excluding hydrogens is 445 g/mol. The third-order valence-corrected chi connectivity index (χ3v) is 8.00. The number of amides is 1. The molecule has 178 valence electrons. The highest BCUT2D eigenvalue weighted by Gasteiger charge is 2.28. The van der Waals surface area contributed by atoms with Gasteiger partial charge in [-0.15, -0.1) is 0 Å². The van der Waals surface area contributed by atoms with E-state index in [9.17, 15) is 17.6 Å². The van der Waals surface area contributed by atoms with Crippen LogP contribution < -0.4 is 10.2 Å². The Morgan fingerprint density at radius 3 is 2.36 bits per heavy atom. The Morgan fingerprint density at radius 1 is 0.970 bits per heavy atom. The first-order valence-corrected chi connectivity index (χ1v) is 12.9. The number of carbonyl (C=O) groups excluding carboxylic acids is 1. The van der Waals surface area contributed by atoms with E-state index in [-0.39, 0.29) is 23.0 Å². The number of carbonyl (C=O) groups is 1. The van der Waals surface area contributed by atoms with Crippen LogP contribution in [0.4, 0.5) is 15.8 Å². The van der Waals surface area contributed by atoms with Crippen molar-refractivity contribution in [2.75, 3.05) is 49.6 Å². The van der Waals surface area contributed by atoms with Crippen molar-refractivity contribution in [2.24, 2.45) is 0 Å². The van der Waals surface area contributed by atoms with Gasteiger partial charge < -0.3 is 15.0 Å². The Labute approximate surface area is 194 Å². The average molecular weight is 476 g/mol. The van der Waals surface area contributed by atoms with Gasteiger partial charge in [0.2, 0.25) is 15.9 Å². The highest BCUT2D eigenvalue weighted by Crippen LogP contribution is 2.32. The average Bonchev–Trinajstić information content (AvgIpc) is 2.85. The van der Waals surface area contributed by atoms with Gasteiger partial charge in [0.05, 0.1) is 29.5 Å². The topological polar surface area (TPSA) is 79.0 Å². The minimum Gasteiger partial charge on any atom is -0.379 e. The molecule has 2 aliphatic rings. The van der Waals surface area contributed by atoms with Gasteiger partial charge in [-0.25, -0.2) is 12.8 Å². The summed E-state index contributed by atoms with van der Waals surface area (Å²) in [5, 5.41) is 2.94. The predicted octanol–water partition coefficient (Wildman–Crippen LogP) is 3.41. The second-order valence-electron chi connectivity index (χ2n) is 8.42. The van der Waals surface area contributed by atoms with Crippen molar-refractivity contribution in [3.63, 3.8) is 0 Å². The molecule has 2 fully saturated rings. The maximum absolute atomic E-state index is 13.2. The number of rotatable bonds is 7. The van der Waals surface area contributed by atoms with Gasteiger partial charge in [-0.3, -0.25) is 4.79 Å². The first-order valence-electron chi connectivity index (χ1n) is 11.4. The second-order valence-corrected chi connectivity index (χ2v) is 10.4. The van der Waals surface area contributed by atoms with Crippen LogP contribution in [0.5, 0.6) is 0 Å². The van der Waals surface area contributed by atoms with E-state index in [2.05, 4.69) is 10.2 Å². The molecule has 2 saturated heterocycles. The molecular formula is C24H30FN3O4S. The molecule has 0 unspecified atom stereocenters. The molecule has 2 aliphatic heterocycles. The van der Waals surface area contributed by atoms with Crippen LogP contribution in [0, 0.1) is 5.82 Å². The lowest BCUT2D eigenvalue weighted by Crippen LogP contribution is -2.40. The van der Waals surface area contributed by atoms with Crippen LogP contribution >= 0.6 is 0 Å². The minimum absolute atomic E-state index is 0.166. The summed E-state index contributed by atoms with van der Waals surface area (Å²) in [4.78, 5) is 15.1. The summed E-state index contributed by atoms with van der Waals surface area (Å²) in [5.41, 5.74) is 2.22. The number of morpholine rings is 1. The Kier molecular flexibility index (Phi) is 7.62. The van der Waals surface area contributed by atoms with Gasteiger partial charge in [0.25, 0.3) is 0 Å². The fraction of sp³-hybridized carbons (Fsp3) is 0.458. The van der Waals surface area contributed by atoms with Gasteiger partial charge in [0, 0.05) is 32.6 Å². The van der Waals surface area contributed by atoms with Crippen LogP contribution in [0.15, 0.2) is 47.4 Å². The van der Waals surface area contributed by atoms with Crippen molar-refractivity contribution >= 4 is 27.3 Å². The molecule has 2 aromatic carbocycles. The number of nitrogens with one attached hydrogen (secondary N) is 1. The third kappa shape index (κ3) is 5.90. The van der Waals surface area contributed by atoms with E-state index in [0.29, 0.717) is 38.4 Å². The van der Waals surface area contributed by atoms with E-state index in [1.165, 1.54) is 22.9 Å². The smallest absolute Gasteiger partial charge is 0.243 e. The van der Waals surface area contributed by atoms with E-state index in [1.54, 1.807) is 30.3 Å². The third-order valence-electron chi connectivity index (χ3n) is 6.10. The van der Waals surface area contributed by atoms with Crippen molar-refractivity contribution in [1.29, 1.82) is 0 Å². The van der Waals surface area contributed by atoms with Crippen LogP contribution in [-0.2, 0) is 26.0 Å². The molecule has 1 N–H and O–H groups in total. The number of halogens is 1. The molecule has 4 rings (SSSR count). The van der Waals surface area contributed by atoms with Gasteiger partial charge in [-0.2, -0.15) is 4.31 Å². The molecule has 9 heteroatoms. The summed E-state index contributed by atoms with van der Waals surface area (Å²) in [6.07, 6.45) is 3.97. The van der Waals surface area contributed by atoms with E-state index >= 15 is 0 Å². The zero-order valence-electron chi connectivity index (χ0n) is 18.6. The summed E-state index contributed by atoms with van der Waals surface area (Å²) in [6, 6.07) is 11.1. The highest BCUT2D eigenvalue weighted by atomic mass is 32.2. The summed E-state index contributed by atoms with van der Waals surface area (Å²) in [6.45, 7) is 3.11. The minimum atomic E-state index is -3.68. The molecule has 0 bridgehead atoms. The largest absolute Gasteiger partial charge is 0.379 e. The van der Waals surface area contributed by atoms with Gasteiger partial charge in [-0.1, -0.05) is 12.1 Å². The van der Waals surface area contributed by atoms with Crippen molar-refractivity contribution in [1.82, 2.24) is 4.31 Å². The lowest BCUT2D eigenvalue weighted by Gasteiger charge is -2.31. The van der Waals surface area contributed by atoms with E-state index in [1.807, 2.05) is 0 Å². The molecule has 0 aromatic heterocycles. The molecule has 2 heterocycles. The SMILES string of the molecule is O=C(CCc1ccc(F)cc1)Nc1cc(S(=O)(=O)N2CCOCC2)ccc1N1CCCCC1. The normalized spacial score (nSPS) is 17.7. The molecule has 1 amide bonds. The van der Waals surface area contributed by atoms with E-state index in [0.717, 1.165) is 37.2 Å². The molecule has 0 atom stereocenters. The Balaban J connectivity index is 1.55. The van der Waals surface area contributed by atoms with Crippen molar-refractivity contribution < 1.29 is 22.3 Å². The number of nitrogens with zero attached hydrogens (tertiary/aromatic N) is 2. The quantitative estimate of drug-likeness (QED) is 0.664. The first-order chi connectivity index (χ1) is 15.9. The van der Waals surface area contributed by atoms with E-state index < -0.39 is 10.0 Å². The molecule has 7 nitrogen and oxygen atoms in total. The molecule has 33 heavy (non-hydrogen) atoms. The summed E-state index contributed by atoms with van der Waals surface area (Å²) >= 11 is 0. The number of anilines is 2. The number of ether oxygens (including phenoxy) is 1. The number of aryl methyl sites for hydroxylation is 1. The van der Waals surface area contributed by atoms with Gasteiger partial charge in [-0.05, 0) is 61.6 Å². The van der Waals surface area contributed by atoms with E-state index in [4.69, 9.17) is 4.74 Å². The van der Waals surface area contributed by atoms with Crippen molar-refractivity contribution in [3.05, 3.63) is 53.8 Å². The summed E-state index contributed by atoms with van der Waals surface area (Å²) in [5.74, 6) is -0.522. The zero-order chi connectivity index (χ0) is 23.3. The maximum atomic E-state index is 13.2. The number of piperidine rings is 1. The molecule has 0 aliphatic carbocycles. The Hall–Kier alpha value is -2.49. The lowest BCUT2D eigenvalue weighted by molar-refractivity contribution is -0.116. The molecule has 0 radical (unpaired) electrons. The number of hydrogen-bond donors (Lipinski definition) is 1. The number of hydrogen-bond acceptors (Lipinski definition) is 5. The van der Waals surface area contributed by atoms with Crippen molar-refractivity contribution in [2.45, 2.75) is 37.0 Å². The maximum Gasteiger partial charge on any atom is 0.243 e. The van der Waals surface area contributed by atoms with Crippen LogP contribution in [0.25, 0.3) is 0 Å². The lowest BCUT2D eigenvalue weighted by atomic mass is 10.1. The standard InChI is InChI=1S/C24H30FN3O4S/c25-20-7-4-19(5-8-20)6-11-24(29)26-22-18-21(33(30,31)28-14-16-32-17-15-28)9-10-23(22)27-12-2-1-3-13-27/h4-5,7-10,18H,1-3,6,11-17H2,(H,26,29). The molecule has 0 saturated carbocycles. The van der Waals surface area contributed by atoms with Gasteiger partial charge in [0.15, 0.2) is 0 Å². The fourth-order valence-electron chi connectivity index (χ4n) is 4.24.